The third-order valence-corrected chi connectivity index (χ3v) is 5.20. The normalized spacial score (nSPS) is 16.4. The number of hydrogen-bond acceptors (Lipinski definition) is 4. The van der Waals surface area contributed by atoms with Gasteiger partial charge in [-0.25, -0.2) is 0 Å². The second-order valence-corrected chi connectivity index (χ2v) is 7.05. The molecule has 5 nitrogen and oxygen atoms in total. The third kappa shape index (κ3) is 3.62. The minimum absolute atomic E-state index is 0.600. The molecule has 0 aliphatic carbocycles. The molecule has 1 fully saturated rings. The molecule has 0 spiro atoms. The molecule has 3 aromatic rings. The molecule has 130 valence electrons. The SMILES string of the molecule is Cn1nccc1C1CCN(Cc2cc(-c3ccc(Cl)cc3)no2)CC1. The highest BCUT2D eigenvalue weighted by Crippen LogP contribution is 2.28. The Morgan fingerprint density at radius 2 is 1.92 bits per heavy atom. The van der Waals surface area contributed by atoms with Gasteiger partial charge in [-0.1, -0.05) is 28.9 Å². The highest BCUT2D eigenvalue weighted by molar-refractivity contribution is 6.30. The Bertz CT molecular complexity index is 831. The molecule has 1 aromatic carbocycles. The van der Waals surface area contributed by atoms with Crippen molar-refractivity contribution in [2.24, 2.45) is 7.05 Å². The molecule has 4 rings (SSSR count). The summed E-state index contributed by atoms with van der Waals surface area (Å²) in [5.74, 6) is 1.51. The van der Waals surface area contributed by atoms with E-state index in [1.165, 1.54) is 5.69 Å². The maximum Gasteiger partial charge on any atom is 0.151 e. The molecule has 0 N–H and O–H groups in total. The predicted octanol–water partition coefficient (Wildman–Crippen LogP) is 4.11. The second-order valence-electron chi connectivity index (χ2n) is 6.62. The lowest BCUT2D eigenvalue weighted by atomic mass is 9.93. The van der Waals surface area contributed by atoms with Crippen LogP contribution in [0.1, 0.15) is 30.2 Å². The Hall–Kier alpha value is -2.11. The Morgan fingerprint density at radius 3 is 2.60 bits per heavy atom. The van der Waals surface area contributed by atoms with Crippen molar-refractivity contribution in [2.75, 3.05) is 13.1 Å². The molecule has 25 heavy (non-hydrogen) atoms. The zero-order valence-electron chi connectivity index (χ0n) is 14.2. The lowest BCUT2D eigenvalue weighted by molar-refractivity contribution is 0.182. The average molecular weight is 357 g/mol. The summed E-state index contributed by atoms with van der Waals surface area (Å²) in [4.78, 5) is 2.43. The van der Waals surface area contributed by atoms with Crippen LogP contribution in [0.25, 0.3) is 11.3 Å². The fraction of sp³-hybridized carbons (Fsp3) is 0.368. The summed E-state index contributed by atoms with van der Waals surface area (Å²) in [6, 6.07) is 11.8. The van der Waals surface area contributed by atoms with E-state index in [9.17, 15) is 0 Å². The van der Waals surface area contributed by atoms with E-state index in [0.717, 1.165) is 54.5 Å². The van der Waals surface area contributed by atoms with Gasteiger partial charge in [0, 0.05) is 41.5 Å². The minimum Gasteiger partial charge on any atom is -0.359 e. The van der Waals surface area contributed by atoms with Gasteiger partial charge in [0.25, 0.3) is 0 Å². The molecule has 0 amide bonds. The molecule has 0 saturated carbocycles. The molecule has 0 unspecified atom stereocenters. The number of aromatic nitrogens is 3. The summed E-state index contributed by atoms with van der Waals surface area (Å²) < 4.78 is 7.53. The van der Waals surface area contributed by atoms with E-state index in [1.807, 2.05) is 48.3 Å². The topological polar surface area (TPSA) is 47.1 Å². The number of nitrogens with zero attached hydrogens (tertiary/aromatic N) is 4. The van der Waals surface area contributed by atoms with Crippen molar-refractivity contribution in [1.29, 1.82) is 0 Å². The summed E-state index contributed by atoms with van der Waals surface area (Å²) in [6.45, 7) is 2.93. The van der Waals surface area contributed by atoms with Gasteiger partial charge in [0.1, 0.15) is 5.69 Å². The van der Waals surface area contributed by atoms with Gasteiger partial charge in [-0.15, -0.1) is 0 Å². The molecular formula is C19H21ClN4O. The fourth-order valence-corrected chi connectivity index (χ4v) is 3.66. The summed E-state index contributed by atoms with van der Waals surface area (Å²) in [6.07, 6.45) is 4.18. The zero-order valence-corrected chi connectivity index (χ0v) is 15.0. The smallest absolute Gasteiger partial charge is 0.151 e. The number of likely N-dealkylation sites (tertiary alicyclic amines) is 1. The minimum atomic E-state index is 0.600. The first-order valence-electron chi connectivity index (χ1n) is 8.61. The summed E-state index contributed by atoms with van der Waals surface area (Å²) in [5.41, 5.74) is 3.22. The van der Waals surface area contributed by atoms with E-state index in [1.54, 1.807) is 0 Å². The highest BCUT2D eigenvalue weighted by Gasteiger charge is 2.23. The van der Waals surface area contributed by atoms with Gasteiger partial charge in [0.2, 0.25) is 0 Å². The van der Waals surface area contributed by atoms with Crippen molar-refractivity contribution in [2.45, 2.75) is 25.3 Å². The van der Waals surface area contributed by atoms with Crippen LogP contribution in [0.5, 0.6) is 0 Å². The van der Waals surface area contributed by atoms with Crippen molar-refractivity contribution in [3.8, 4) is 11.3 Å². The largest absolute Gasteiger partial charge is 0.359 e. The van der Waals surface area contributed by atoms with Crippen LogP contribution in [-0.2, 0) is 13.6 Å². The molecule has 2 aromatic heterocycles. The van der Waals surface area contributed by atoms with Crippen molar-refractivity contribution >= 4 is 11.6 Å². The van der Waals surface area contributed by atoms with Gasteiger partial charge in [-0.05, 0) is 44.1 Å². The Morgan fingerprint density at radius 1 is 1.16 bits per heavy atom. The molecule has 0 atom stereocenters. The predicted molar refractivity (Wildman–Crippen MR) is 97.4 cm³/mol. The van der Waals surface area contributed by atoms with Crippen LogP contribution in [0, 0.1) is 0 Å². The van der Waals surface area contributed by atoms with E-state index in [4.69, 9.17) is 16.1 Å². The molecule has 0 bridgehead atoms. The first kappa shape index (κ1) is 16.4. The number of piperidine rings is 1. The van der Waals surface area contributed by atoms with E-state index in [0.29, 0.717) is 5.92 Å². The molecule has 1 aliphatic heterocycles. The number of aryl methyl sites for hydroxylation is 1. The highest BCUT2D eigenvalue weighted by atomic mass is 35.5. The van der Waals surface area contributed by atoms with Crippen LogP contribution in [-0.4, -0.2) is 32.9 Å². The van der Waals surface area contributed by atoms with E-state index in [2.05, 4.69) is 21.2 Å². The molecule has 1 aliphatic rings. The Kier molecular flexibility index (Phi) is 4.59. The van der Waals surface area contributed by atoms with Crippen LogP contribution >= 0.6 is 11.6 Å². The van der Waals surface area contributed by atoms with Crippen molar-refractivity contribution in [3.63, 3.8) is 0 Å². The van der Waals surface area contributed by atoms with Gasteiger partial charge >= 0.3 is 0 Å². The van der Waals surface area contributed by atoms with Gasteiger partial charge < -0.3 is 4.52 Å². The molecule has 6 heteroatoms. The van der Waals surface area contributed by atoms with Crippen LogP contribution in [0.2, 0.25) is 5.02 Å². The van der Waals surface area contributed by atoms with E-state index in [-0.39, 0.29) is 0 Å². The standard InChI is InChI=1S/C19H21ClN4O/c1-23-19(6-9-21-23)15-7-10-24(11-8-15)13-17-12-18(22-25-17)14-2-4-16(20)5-3-14/h2-6,9,12,15H,7-8,10-11,13H2,1H3. The van der Waals surface area contributed by atoms with Crippen LogP contribution < -0.4 is 0 Å². The van der Waals surface area contributed by atoms with Gasteiger partial charge in [0.15, 0.2) is 5.76 Å². The zero-order chi connectivity index (χ0) is 17.2. The third-order valence-electron chi connectivity index (χ3n) is 4.94. The fourth-order valence-electron chi connectivity index (χ4n) is 3.54. The lowest BCUT2D eigenvalue weighted by Crippen LogP contribution is -2.32. The first-order valence-corrected chi connectivity index (χ1v) is 8.98. The van der Waals surface area contributed by atoms with Crippen LogP contribution in [0.3, 0.4) is 0 Å². The monoisotopic (exact) mass is 356 g/mol. The average Bonchev–Trinajstić information content (AvgIpc) is 3.26. The molecule has 0 radical (unpaired) electrons. The summed E-state index contributed by atoms with van der Waals surface area (Å²) in [5, 5.41) is 9.21. The summed E-state index contributed by atoms with van der Waals surface area (Å²) in [7, 11) is 2.02. The van der Waals surface area contributed by atoms with Crippen molar-refractivity contribution in [3.05, 3.63) is 59.1 Å². The Labute approximate surface area is 152 Å². The number of rotatable bonds is 4. The van der Waals surface area contributed by atoms with Crippen LogP contribution in [0.15, 0.2) is 47.1 Å². The van der Waals surface area contributed by atoms with Crippen LogP contribution in [0.4, 0.5) is 0 Å². The molecule has 1 saturated heterocycles. The maximum absolute atomic E-state index is 5.94. The molecular weight excluding hydrogens is 336 g/mol. The van der Waals surface area contributed by atoms with Crippen molar-refractivity contribution < 1.29 is 4.52 Å². The number of benzene rings is 1. The molecule has 3 heterocycles. The number of hydrogen-bond donors (Lipinski definition) is 0. The quantitative estimate of drug-likeness (QED) is 0.705. The van der Waals surface area contributed by atoms with Gasteiger partial charge in [0.05, 0.1) is 6.54 Å². The lowest BCUT2D eigenvalue weighted by Gasteiger charge is -2.31. The number of halogens is 1. The van der Waals surface area contributed by atoms with Gasteiger partial charge in [-0.2, -0.15) is 5.10 Å². The van der Waals surface area contributed by atoms with Gasteiger partial charge in [-0.3, -0.25) is 9.58 Å². The summed E-state index contributed by atoms with van der Waals surface area (Å²) >= 11 is 5.94. The van der Waals surface area contributed by atoms with E-state index >= 15 is 0 Å². The maximum atomic E-state index is 5.94. The van der Waals surface area contributed by atoms with Crippen molar-refractivity contribution in [1.82, 2.24) is 19.8 Å². The Balaban J connectivity index is 1.36. The first-order chi connectivity index (χ1) is 12.2. The van der Waals surface area contributed by atoms with E-state index < -0.39 is 0 Å². The second kappa shape index (κ2) is 7.02.